The number of carbonyl (C=O) groups excluding carboxylic acids is 1. The van der Waals surface area contributed by atoms with E-state index in [-0.39, 0.29) is 5.91 Å². The summed E-state index contributed by atoms with van der Waals surface area (Å²) in [5, 5.41) is 7.62. The second-order valence-electron chi connectivity index (χ2n) is 6.69. The third kappa shape index (κ3) is 3.82. The average molecular weight is 387 g/mol. The number of carbonyl (C=O) groups is 1. The van der Waals surface area contributed by atoms with E-state index in [1.54, 1.807) is 20.1 Å². The van der Waals surface area contributed by atoms with E-state index in [0.717, 1.165) is 16.9 Å². The zero-order chi connectivity index (χ0) is 20.2. The molecule has 0 aliphatic carbocycles. The summed E-state index contributed by atoms with van der Waals surface area (Å²) in [6.07, 6.45) is 0.665. The number of para-hydroxylation sites is 1. The molecule has 0 unspecified atom stereocenters. The number of amides is 1. The van der Waals surface area contributed by atoms with Crippen LogP contribution in [-0.2, 0) is 6.42 Å². The second kappa shape index (κ2) is 8.14. The highest BCUT2D eigenvalue weighted by Crippen LogP contribution is 2.27. The van der Waals surface area contributed by atoms with Gasteiger partial charge in [0.2, 0.25) is 0 Å². The van der Waals surface area contributed by atoms with Gasteiger partial charge in [-0.1, -0.05) is 53.7 Å². The number of hydrogen-bond donors (Lipinski definition) is 1. The molecule has 0 bridgehead atoms. The Balaban J connectivity index is 1.60. The number of benzene rings is 2. The summed E-state index contributed by atoms with van der Waals surface area (Å²) >= 11 is 0. The van der Waals surface area contributed by atoms with Crippen molar-refractivity contribution < 1.29 is 14.1 Å². The molecular formula is C23H21N3O3. The average Bonchev–Trinajstić information content (AvgIpc) is 3.14. The van der Waals surface area contributed by atoms with Gasteiger partial charge in [-0.25, -0.2) is 4.98 Å². The summed E-state index contributed by atoms with van der Waals surface area (Å²) in [5.74, 6) is 0.630. The van der Waals surface area contributed by atoms with Gasteiger partial charge in [-0.15, -0.1) is 0 Å². The molecule has 0 saturated heterocycles. The second-order valence-corrected chi connectivity index (χ2v) is 6.69. The fraction of sp³-hybridized carbons (Fsp3) is 0.174. The van der Waals surface area contributed by atoms with Crippen molar-refractivity contribution in [3.63, 3.8) is 0 Å². The molecule has 0 saturated carbocycles. The molecule has 6 nitrogen and oxygen atoms in total. The van der Waals surface area contributed by atoms with E-state index < -0.39 is 0 Å². The van der Waals surface area contributed by atoms with Crippen LogP contribution in [0.5, 0.6) is 5.75 Å². The highest BCUT2D eigenvalue weighted by atomic mass is 16.5. The van der Waals surface area contributed by atoms with Crippen LogP contribution in [-0.4, -0.2) is 29.7 Å². The predicted molar refractivity (Wildman–Crippen MR) is 111 cm³/mol. The van der Waals surface area contributed by atoms with Crippen molar-refractivity contribution in [3.05, 3.63) is 77.5 Å². The van der Waals surface area contributed by atoms with Gasteiger partial charge in [-0.3, -0.25) is 4.79 Å². The molecule has 0 atom stereocenters. The molecule has 1 N–H and O–H groups in total. The molecule has 0 spiro atoms. The number of nitrogens with one attached hydrogen (secondary N) is 1. The van der Waals surface area contributed by atoms with E-state index >= 15 is 0 Å². The summed E-state index contributed by atoms with van der Waals surface area (Å²) < 4.78 is 10.7. The first kappa shape index (κ1) is 18.7. The maximum atomic E-state index is 13.0. The highest BCUT2D eigenvalue weighted by molar-refractivity contribution is 6.07. The molecule has 6 heteroatoms. The molecule has 146 valence electrons. The fourth-order valence-corrected chi connectivity index (χ4v) is 3.35. The summed E-state index contributed by atoms with van der Waals surface area (Å²) in [4.78, 5) is 17.5. The molecule has 0 aliphatic heterocycles. The Morgan fingerprint density at radius 3 is 2.66 bits per heavy atom. The number of fused-ring (bicyclic) bond motifs is 1. The Morgan fingerprint density at radius 1 is 1.10 bits per heavy atom. The first-order valence-electron chi connectivity index (χ1n) is 9.40. The molecule has 29 heavy (non-hydrogen) atoms. The van der Waals surface area contributed by atoms with Crippen LogP contribution in [0.3, 0.4) is 0 Å². The van der Waals surface area contributed by atoms with Gasteiger partial charge >= 0.3 is 0 Å². The van der Waals surface area contributed by atoms with Crippen LogP contribution >= 0.6 is 0 Å². The maximum Gasteiger partial charge on any atom is 0.259 e. The summed E-state index contributed by atoms with van der Waals surface area (Å²) in [6.45, 7) is 2.29. The molecule has 4 aromatic rings. The van der Waals surface area contributed by atoms with Crippen molar-refractivity contribution in [1.82, 2.24) is 15.5 Å². The van der Waals surface area contributed by atoms with E-state index in [1.165, 1.54) is 0 Å². The zero-order valence-electron chi connectivity index (χ0n) is 16.3. The smallest absolute Gasteiger partial charge is 0.259 e. The van der Waals surface area contributed by atoms with Crippen molar-refractivity contribution in [3.8, 4) is 17.0 Å². The van der Waals surface area contributed by atoms with Gasteiger partial charge in [0.1, 0.15) is 5.75 Å². The van der Waals surface area contributed by atoms with Gasteiger partial charge in [0.25, 0.3) is 11.6 Å². The Labute approximate surface area is 168 Å². The number of aromatic nitrogens is 2. The van der Waals surface area contributed by atoms with Crippen LogP contribution in [0, 0.1) is 6.92 Å². The first-order valence-corrected chi connectivity index (χ1v) is 9.40. The standard InChI is InChI=1S/C23H21N3O3/c1-15-21-18(22(27)24-13-12-17-10-6-7-11-20(17)28-2)14-19(25-23(21)29-26-15)16-8-4-3-5-9-16/h3-11,14H,12-13H2,1-2H3,(H,24,27). The first-order chi connectivity index (χ1) is 14.2. The van der Waals surface area contributed by atoms with Gasteiger partial charge < -0.3 is 14.6 Å². The largest absolute Gasteiger partial charge is 0.496 e. The van der Waals surface area contributed by atoms with Gasteiger partial charge in [0, 0.05) is 12.1 Å². The Morgan fingerprint density at radius 2 is 1.86 bits per heavy atom. The summed E-state index contributed by atoms with van der Waals surface area (Å²) in [7, 11) is 1.64. The van der Waals surface area contributed by atoms with E-state index in [4.69, 9.17) is 9.26 Å². The van der Waals surface area contributed by atoms with Crippen molar-refractivity contribution in [2.45, 2.75) is 13.3 Å². The van der Waals surface area contributed by atoms with Gasteiger partial charge in [-0.2, -0.15) is 0 Å². The van der Waals surface area contributed by atoms with Crippen molar-refractivity contribution in [2.24, 2.45) is 0 Å². The quantitative estimate of drug-likeness (QED) is 0.537. The van der Waals surface area contributed by atoms with Crippen LogP contribution in [0.1, 0.15) is 21.6 Å². The third-order valence-electron chi connectivity index (χ3n) is 4.80. The Kier molecular flexibility index (Phi) is 5.24. The van der Waals surface area contributed by atoms with E-state index in [0.29, 0.717) is 41.0 Å². The normalized spacial score (nSPS) is 10.8. The minimum atomic E-state index is -0.184. The lowest BCUT2D eigenvalue weighted by Crippen LogP contribution is -2.26. The monoisotopic (exact) mass is 387 g/mol. The number of aryl methyl sites for hydroxylation is 1. The van der Waals surface area contributed by atoms with Gasteiger partial charge in [0.15, 0.2) is 0 Å². The van der Waals surface area contributed by atoms with Crippen LogP contribution in [0.4, 0.5) is 0 Å². The molecule has 2 aromatic heterocycles. The molecule has 0 radical (unpaired) electrons. The number of rotatable bonds is 6. The highest BCUT2D eigenvalue weighted by Gasteiger charge is 2.19. The van der Waals surface area contributed by atoms with Crippen molar-refractivity contribution >= 4 is 17.0 Å². The number of nitrogens with zero attached hydrogens (tertiary/aromatic N) is 2. The lowest BCUT2D eigenvalue weighted by molar-refractivity contribution is 0.0955. The van der Waals surface area contributed by atoms with Gasteiger partial charge in [0.05, 0.1) is 29.4 Å². The predicted octanol–water partition coefficient (Wildman–Crippen LogP) is 4.18. The van der Waals surface area contributed by atoms with Crippen LogP contribution < -0.4 is 10.1 Å². The molecule has 0 fully saturated rings. The molecule has 1 amide bonds. The third-order valence-corrected chi connectivity index (χ3v) is 4.80. The Hall–Kier alpha value is -3.67. The molecule has 2 heterocycles. The maximum absolute atomic E-state index is 13.0. The lowest BCUT2D eigenvalue weighted by atomic mass is 10.0. The van der Waals surface area contributed by atoms with E-state index in [9.17, 15) is 4.79 Å². The SMILES string of the molecule is COc1ccccc1CCNC(=O)c1cc(-c2ccccc2)nc2onc(C)c12. The molecule has 2 aromatic carbocycles. The van der Waals surface area contributed by atoms with Crippen molar-refractivity contribution in [1.29, 1.82) is 0 Å². The molecule has 4 rings (SSSR count). The van der Waals surface area contributed by atoms with Gasteiger partial charge in [-0.05, 0) is 31.0 Å². The minimum Gasteiger partial charge on any atom is -0.496 e. The van der Waals surface area contributed by atoms with Crippen LogP contribution in [0.2, 0.25) is 0 Å². The minimum absolute atomic E-state index is 0.184. The molecular weight excluding hydrogens is 366 g/mol. The number of pyridine rings is 1. The zero-order valence-corrected chi connectivity index (χ0v) is 16.3. The van der Waals surface area contributed by atoms with Crippen LogP contribution in [0.25, 0.3) is 22.4 Å². The Bertz CT molecular complexity index is 1150. The van der Waals surface area contributed by atoms with E-state index in [2.05, 4.69) is 15.5 Å². The fourth-order valence-electron chi connectivity index (χ4n) is 3.35. The van der Waals surface area contributed by atoms with Crippen molar-refractivity contribution in [2.75, 3.05) is 13.7 Å². The summed E-state index contributed by atoms with van der Waals surface area (Å²) in [6, 6.07) is 19.3. The topological polar surface area (TPSA) is 77.2 Å². The number of methoxy groups -OCH3 is 1. The summed E-state index contributed by atoms with van der Waals surface area (Å²) in [5.41, 5.74) is 4.13. The van der Waals surface area contributed by atoms with E-state index in [1.807, 2.05) is 54.6 Å². The number of ether oxygens (including phenoxy) is 1. The lowest BCUT2D eigenvalue weighted by Gasteiger charge is -2.10. The number of hydrogen-bond acceptors (Lipinski definition) is 5. The van der Waals surface area contributed by atoms with Crippen LogP contribution in [0.15, 0.2) is 65.2 Å². The molecule has 0 aliphatic rings.